The highest BCUT2D eigenvalue weighted by Gasteiger charge is 2.21. The van der Waals surface area contributed by atoms with E-state index in [1.54, 1.807) is 16.8 Å². The van der Waals surface area contributed by atoms with E-state index in [1.807, 2.05) is 13.1 Å². The minimum Gasteiger partial charge on any atom is -0.310 e. The predicted molar refractivity (Wildman–Crippen MR) is 73.1 cm³/mol. The summed E-state index contributed by atoms with van der Waals surface area (Å²) in [6, 6.07) is 5.30. The van der Waals surface area contributed by atoms with Gasteiger partial charge in [0.15, 0.2) is 0 Å². The molecule has 0 saturated heterocycles. The van der Waals surface area contributed by atoms with Gasteiger partial charge in [-0.3, -0.25) is 0 Å². The first-order valence-corrected chi connectivity index (χ1v) is 6.75. The summed E-state index contributed by atoms with van der Waals surface area (Å²) in [7, 11) is 0. The standard InChI is InChI=1S/C14H15ClFN3/c1-9-10(7-17-11-2-3-11)8-18-19(9)12-4-5-14(16)13(15)6-12/h4-6,8,11,17H,2-3,7H2,1H3. The number of aromatic nitrogens is 2. The van der Waals surface area contributed by atoms with Crippen LogP contribution < -0.4 is 5.32 Å². The lowest BCUT2D eigenvalue weighted by Crippen LogP contribution is -2.15. The maximum atomic E-state index is 13.2. The first-order chi connectivity index (χ1) is 9.15. The number of hydrogen-bond acceptors (Lipinski definition) is 2. The Kier molecular flexibility index (Phi) is 3.29. The van der Waals surface area contributed by atoms with E-state index in [0.29, 0.717) is 6.04 Å². The molecule has 0 radical (unpaired) electrons. The van der Waals surface area contributed by atoms with E-state index < -0.39 is 5.82 Å². The van der Waals surface area contributed by atoms with Crippen molar-refractivity contribution in [2.24, 2.45) is 0 Å². The van der Waals surface area contributed by atoms with Crippen LogP contribution in [0.15, 0.2) is 24.4 Å². The molecule has 1 aliphatic rings. The van der Waals surface area contributed by atoms with E-state index in [2.05, 4.69) is 10.4 Å². The van der Waals surface area contributed by atoms with Gasteiger partial charge in [0.1, 0.15) is 5.82 Å². The van der Waals surface area contributed by atoms with Gasteiger partial charge in [0.05, 0.1) is 16.9 Å². The number of halogens is 2. The van der Waals surface area contributed by atoms with Gasteiger partial charge < -0.3 is 5.32 Å². The third-order valence-electron chi connectivity index (χ3n) is 3.42. The molecule has 0 spiro atoms. The van der Waals surface area contributed by atoms with Crippen LogP contribution in [0.25, 0.3) is 5.69 Å². The molecule has 0 atom stereocenters. The van der Waals surface area contributed by atoms with Crippen molar-refractivity contribution < 1.29 is 4.39 Å². The Labute approximate surface area is 116 Å². The van der Waals surface area contributed by atoms with E-state index in [9.17, 15) is 4.39 Å². The normalized spacial score (nSPS) is 14.9. The lowest BCUT2D eigenvalue weighted by atomic mass is 10.2. The van der Waals surface area contributed by atoms with E-state index in [-0.39, 0.29) is 5.02 Å². The lowest BCUT2D eigenvalue weighted by molar-refractivity contribution is 0.627. The smallest absolute Gasteiger partial charge is 0.141 e. The van der Waals surface area contributed by atoms with Gasteiger partial charge in [-0.2, -0.15) is 5.10 Å². The number of rotatable bonds is 4. The third-order valence-corrected chi connectivity index (χ3v) is 3.71. The first-order valence-electron chi connectivity index (χ1n) is 6.37. The molecule has 0 aliphatic heterocycles. The Morgan fingerprint density at radius 2 is 2.26 bits per heavy atom. The van der Waals surface area contributed by atoms with Gasteiger partial charge in [-0.15, -0.1) is 0 Å². The molecule has 19 heavy (non-hydrogen) atoms. The zero-order chi connectivity index (χ0) is 13.4. The molecule has 1 saturated carbocycles. The summed E-state index contributed by atoms with van der Waals surface area (Å²) in [6.07, 6.45) is 4.38. The number of nitrogens with one attached hydrogen (secondary N) is 1. The molecule has 1 N–H and O–H groups in total. The van der Waals surface area contributed by atoms with Crippen molar-refractivity contribution >= 4 is 11.6 Å². The van der Waals surface area contributed by atoms with Gasteiger partial charge in [-0.25, -0.2) is 9.07 Å². The summed E-state index contributed by atoms with van der Waals surface area (Å²) in [5.74, 6) is -0.411. The highest BCUT2D eigenvalue weighted by atomic mass is 35.5. The van der Waals surface area contributed by atoms with Crippen LogP contribution in [0.3, 0.4) is 0 Å². The van der Waals surface area contributed by atoms with Crippen molar-refractivity contribution in [2.75, 3.05) is 0 Å². The number of hydrogen-bond donors (Lipinski definition) is 1. The SMILES string of the molecule is Cc1c(CNC2CC2)cnn1-c1ccc(F)c(Cl)c1. The van der Waals surface area contributed by atoms with Crippen molar-refractivity contribution in [1.82, 2.24) is 15.1 Å². The molecule has 1 aromatic carbocycles. The zero-order valence-corrected chi connectivity index (χ0v) is 11.4. The molecule has 5 heteroatoms. The molecule has 0 amide bonds. The van der Waals surface area contributed by atoms with Crippen LogP contribution in [0, 0.1) is 12.7 Å². The largest absolute Gasteiger partial charge is 0.310 e. The molecular formula is C14H15ClFN3. The van der Waals surface area contributed by atoms with Gasteiger partial charge in [-0.05, 0) is 38.0 Å². The van der Waals surface area contributed by atoms with Crippen LogP contribution in [-0.2, 0) is 6.54 Å². The molecule has 1 fully saturated rings. The van der Waals surface area contributed by atoms with Crippen LogP contribution in [0.1, 0.15) is 24.1 Å². The highest BCUT2D eigenvalue weighted by molar-refractivity contribution is 6.30. The van der Waals surface area contributed by atoms with Gasteiger partial charge in [-0.1, -0.05) is 11.6 Å². The Hall–Kier alpha value is -1.39. The van der Waals surface area contributed by atoms with Crippen LogP contribution in [0.5, 0.6) is 0 Å². The predicted octanol–water partition coefficient (Wildman–Crippen LogP) is 3.23. The monoisotopic (exact) mass is 279 g/mol. The first kappa shape index (κ1) is 12.6. The molecule has 3 nitrogen and oxygen atoms in total. The molecule has 100 valence electrons. The molecule has 0 unspecified atom stereocenters. The van der Waals surface area contributed by atoms with Gasteiger partial charge >= 0.3 is 0 Å². The minimum atomic E-state index is -0.411. The summed E-state index contributed by atoms with van der Waals surface area (Å²) in [6.45, 7) is 2.83. The maximum Gasteiger partial charge on any atom is 0.141 e. The second-order valence-corrected chi connectivity index (χ2v) is 5.33. The van der Waals surface area contributed by atoms with E-state index in [1.165, 1.54) is 18.9 Å². The van der Waals surface area contributed by atoms with E-state index in [0.717, 1.165) is 23.5 Å². The molecule has 1 heterocycles. The van der Waals surface area contributed by atoms with Crippen molar-refractivity contribution in [3.05, 3.63) is 46.5 Å². The fraction of sp³-hybridized carbons (Fsp3) is 0.357. The Morgan fingerprint density at radius 3 is 2.95 bits per heavy atom. The van der Waals surface area contributed by atoms with Gasteiger partial charge in [0, 0.05) is 23.8 Å². The summed E-state index contributed by atoms with van der Waals surface area (Å²) in [5.41, 5.74) is 2.99. The van der Waals surface area contributed by atoms with Crippen molar-refractivity contribution in [3.8, 4) is 5.69 Å². The average molecular weight is 280 g/mol. The summed E-state index contributed by atoms with van der Waals surface area (Å²) in [4.78, 5) is 0. The van der Waals surface area contributed by atoms with Crippen molar-refractivity contribution in [3.63, 3.8) is 0 Å². The molecular weight excluding hydrogens is 265 g/mol. The second kappa shape index (κ2) is 4.94. The zero-order valence-electron chi connectivity index (χ0n) is 10.7. The van der Waals surface area contributed by atoms with E-state index >= 15 is 0 Å². The van der Waals surface area contributed by atoms with Crippen LogP contribution >= 0.6 is 11.6 Å². The van der Waals surface area contributed by atoms with E-state index in [4.69, 9.17) is 11.6 Å². The van der Waals surface area contributed by atoms with Gasteiger partial charge in [0.2, 0.25) is 0 Å². The molecule has 3 rings (SSSR count). The Morgan fingerprint density at radius 1 is 1.47 bits per heavy atom. The average Bonchev–Trinajstić information content (AvgIpc) is 3.15. The lowest BCUT2D eigenvalue weighted by Gasteiger charge is -2.07. The highest BCUT2D eigenvalue weighted by Crippen LogP contribution is 2.22. The number of benzene rings is 1. The Bertz CT molecular complexity index is 605. The van der Waals surface area contributed by atoms with Crippen molar-refractivity contribution in [1.29, 1.82) is 0 Å². The Balaban J connectivity index is 1.85. The molecule has 2 aromatic rings. The summed E-state index contributed by atoms with van der Waals surface area (Å²) >= 11 is 5.81. The summed E-state index contributed by atoms with van der Waals surface area (Å²) < 4.78 is 15.0. The minimum absolute atomic E-state index is 0.116. The van der Waals surface area contributed by atoms with Crippen molar-refractivity contribution in [2.45, 2.75) is 32.4 Å². The third kappa shape index (κ3) is 2.65. The molecule has 1 aromatic heterocycles. The topological polar surface area (TPSA) is 29.9 Å². The van der Waals surface area contributed by atoms with Gasteiger partial charge in [0.25, 0.3) is 0 Å². The van der Waals surface area contributed by atoms with Crippen LogP contribution in [-0.4, -0.2) is 15.8 Å². The quantitative estimate of drug-likeness (QED) is 0.931. The molecule has 0 bridgehead atoms. The number of nitrogens with zero attached hydrogens (tertiary/aromatic N) is 2. The fourth-order valence-electron chi connectivity index (χ4n) is 2.04. The summed E-state index contributed by atoms with van der Waals surface area (Å²) in [5, 5.41) is 7.93. The maximum absolute atomic E-state index is 13.2. The second-order valence-electron chi connectivity index (χ2n) is 4.92. The molecule has 1 aliphatic carbocycles. The van der Waals surface area contributed by atoms with Crippen LogP contribution in [0.2, 0.25) is 5.02 Å². The fourth-order valence-corrected chi connectivity index (χ4v) is 2.21. The van der Waals surface area contributed by atoms with Crippen LogP contribution in [0.4, 0.5) is 4.39 Å².